The monoisotopic (exact) mass is 382 g/mol. The van der Waals surface area contributed by atoms with E-state index in [1.807, 2.05) is 87.5 Å². The summed E-state index contributed by atoms with van der Waals surface area (Å²) in [4.78, 5) is 22.0. The minimum atomic E-state index is -0.333. The van der Waals surface area contributed by atoms with Gasteiger partial charge in [-0.05, 0) is 61.7 Å². The molecule has 144 valence electrons. The Labute approximate surface area is 169 Å². The van der Waals surface area contributed by atoms with Gasteiger partial charge in [-0.1, -0.05) is 42.5 Å². The van der Waals surface area contributed by atoms with Gasteiger partial charge in [-0.2, -0.15) is 0 Å². The first-order valence-electron chi connectivity index (χ1n) is 9.49. The lowest BCUT2D eigenvalue weighted by Crippen LogP contribution is -2.18. The van der Waals surface area contributed by atoms with E-state index in [2.05, 4.69) is 20.6 Å². The maximum absolute atomic E-state index is 13.0. The zero-order valence-electron chi connectivity index (χ0n) is 16.7. The molecule has 1 amide bonds. The highest BCUT2D eigenvalue weighted by atomic mass is 16.2. The van der Waals surface area contributed by atoms with Crippen LogP contribution in [0.2, 0.25) is 0 Å². The van der Waals surface area contributed by atoms with E-state index in [0.29, 0.717) is 11.3 Å². The van der Waals surface area contributed by atoms with Gasteiger partial charge >= 0.3 is 0 Å². The van der Waals surface area contributed by atoms with Crippen molar-refractivity contribution >= 4 is 34.0 Å². The molecule has 0 aliphatic carbocycles. The molecule has 0 aliphatic heterocycles. The molecule has 0 radical (unpaired) electrons. The summed E-state index contributed by atoms with van der Waals surface area (Å²) >= 11 is 0. The molecular formula is C24H22N4O. The predicted molar refractivity (Wildman–Crippen MR) is 118 cm³/mol. The molecule has 4 rings (SSSR count). The maximum atomic E-state index is 13.0. The Bertz CT molecular complexity index is 1200. The first-order valence-corrected chi connectivity index (χ1v) is 9.49. The second-order valence-corrected chi connectivity index (χ2v) is 7.13. The van der Waals surface area contributed by atoms with Crippen LogP contribution in [-0.4, -0.2) is 15.9 Å². The molecule has 5 nitrogen and oxygen atoms in total. The van der Waals surface area contributed by atoms with Crippen molar-refractivity contribution in [3.63, 3.8) is 0 Å². The largest absolute Gasteiger partial charge is 0.340 e. The molecule has 0 spiro atoms. The fraction of sp³-hybridized carbons (Fsp3) is 0.125. The first kappa shape index (κ1) is 18.6. The van der Waals surface area contributed by atoms with Crippen LogP contribution in [0.3, 0.4) is 0 Å². The van der Waals surface area contributed by atoms with E-state index in [4.69, 9.17) is 0 Å². The Hall–Kier alpha value is -3.73. The molecule has 0 aliphatic rings. The van der Waals surface area contributed by atoms with Crippen molar-refractivity contribution in [2.45, 2.75) is 20.8 Å². The lowest BCUT2D eigenvalue weighted by atomic mass is 10.1. The van der Waals surface area contributed by atoms with E-state index < -0.39 is 0 Å². The van der Waals surface area contributed by atoms with Crippen molar-refractivity contribution in [2.75, 3.05) is 10.6 Å². The second kappa shape index (κ2) is 7.72. The highest BCUT2D eigenvalue weighted by molar-refractivity contribution is 6.04. The number of nitrogens with zero attached hydrogens (tertiary/aromatic N) is 2. The summed E-state index contributed by atoms with van der Waals surface area (Å²) in [5.74, 6) is 0.398. The maximum Gasteiger partial charge on any atom is 0.293 e. The van der Waals surface area contributed by atoms with E-state index >= 15 is 0 Å². The van der Waals surface area contributed by atoms with E-state index in [9.17, 15) is 4.79 Å². The normalized spacial score (nSPS) is 10.7. The average Bonchev–Trinajstić information content (AvgIpc) is 2.70. The van der Waals surface area contributed by atoms with E-state index in [1.165, 1.54) is 0 Å². The number of carbonyl (C=O) groups is 1. The standard InChI is InChI=1S/C24H22N4O/c1-15-8-6-11-18(14-15)25-22-19-12-4-5-13-20(19)26-23(28-22)24(29)27-21-16(2)9-7-10-17(21)3/h4-14H,1-3H3,(H,27,29)(H,25,26,28). The number of nitrogens with one attached hydrogen (secondary N) is 2. The Kier molecular flexibility index (Phi) is 4.96. The van der Waals surface area contributed by atoms with Gasteiger partial charge in [0.1, 0.15) is 5.82 Å². The molecule has 1 heterocycles. The number of anilines is 3. The molecule has 29 heavy (non-hydrogen) atoms. The van der Waals surface area contributed by atoms with E-state index in [1.54, 1.807) is 0 Å². The van der Waals surface area contributed by atoms with Gasteiger partial charge in [-0.25, -0.2) is 9.97 Å². The SMILES string of the molecule is Cc1cccc(Nc2nc(C(=O)Nc3c(C)cccc3C)nc3ccccc23)c1. The van der Waals surface area contributed by atoms with Gasteiger partial charge in [0.05, 0.1) is 5.52 Å². The second-order valence-electron chi connectivity index (χ2n) is 7.13. The predicted octanol–water partition coefficient (Wildman–Crippen LogP) is 5.55. The summed E-state index contributed by atoms with van der Waals surface area (Å²) < 4.78 is 0. The third-order valence-electron chi connectivity index (χ3n) is 4.81. The molecule has 0 unspecified atom stereocenters. The highest BCUT2D eigenvalue weighted by Crippen LogP contribution is 2.25. The minimum absolute atomic E-state index is 0.126. The van der Waals surface area contributed by atoms with Crippen LogP contribution in [0.15, 0.2) is 66.7 Å². The van der Waals surface area contributed by atoms with E-state index in [-0.39, 0.29) is 11.7 Å². The van der Waals surface area contributed by atoms with Crippen LogP contribution in [0, 0.1) is 20.8 Å². The lowest BCUT2D eigenvalue weighted by Gasteiger charge is -2.13. The number of rotatable bonds is 4. The fourth-order valence-corrected chi connectivity index (χ4v) is 3.31. The lowest BCUT2D eigenvalue weighted by molar-refractivity contribution is 0.101. The first-order chi connectivity index (χ1) is 14.0. The van der Waals surface area contributed by atoms with Gasteiger partial charge in [-0.15, -0.1) is 0 Å². The summed E-state index contributed by atoms with van der Waals surface area (Å²) in [6.07, 6.45) is 0. The zero-order valence-corrected chi connectivity index (χ0v) is 16.7. The number of hydrogen-bond donors (Lipinski definition) is 2. The Balaban J connectivity index is 1.74. The topological polar surface area (TPSA) is 66.9 Å². The number of aromatic nitrogens is 2. The zero-order chi connectivity index (χ0) is 20.4. The van der Waals surface area contributed by atoms with Gasteiger partial charge in [0.25, 0.3) is 5.91 Å². The highest BCUT2D eigenvalue weighted by Gasteiger charge is 2.16. The smallest absolute Gasteiger partial charge is 0.293 e. The summed E-state index contributed by atoms with van der Waals surface area (Å²) in [5.41, 5.74) is 5.55. The van der Waals surface area contributed by atoms with Crippen LogP contribution < -0.4 is 10.6 Å². The number of carbonyl (C=O) groups excluding carboxylic acids is 1. The van der Waals surface area contributed by atoms with Crippen molar-refractivity contribution in [1.29, 1.82) is 0 Å². The van der Waals surface area contributed by atoms with Crippen molar-refractivity contribution in [2.24, 2.45) is 0 Å². The number of benzene rings is 3. The van der Waals surface area contributed by atoms with Crippen molar-refractivity contribution in [3.8, 4) is 0 Å². The molecule has 5 heteroatoms. The van der Waals surface area contributed by atoms with Crippen molar-refractivity contribution in [1.82, 2.24) is 9.97 Å². The molecule has 1 aromatic heterocycles. The molecule has 3 aromatic carbocycles. The van der Waals surface area contributed by atoms with Crippen LogP contribution in [0.1, 0.15) is 27.3 Å². The molecule has 0 bridgehead atoms. The third-order valence-corrected chi connectivity index (χ3v) is 4.81. The number of fused-ring (bicyclic) bond motifs is 1. The van der Waals surface area contributed by atoms with Crippen molar-refractivity contribution < 1.29 is 4.79 Å². The number of amides is 1. The van der Waals surface area contributed by atoms with Crippen LogP contribution >= 0.6 is 0 Å². The van der Waals surface area contributed by atoms with Gasteiger partial charge < -0.3 is 10.6 Å². The van der Waals surface area contributed by atoms with Crippen LogP contribution in [-0.2, 0) is 0 Å². The summed E-state index contributed by atoms with van der Waals surface area (Å²) in [6, 6.07) is 21.6. The van der Waals surface area contributed by atoms with Crippen LogP contribution in [0.5, 0.6) is 0 Å². The average molecular weight is 382 g/mol. The molecule has 0 fully saturated rings. The molecular weight excluding hydrogens is 360 g/mol. The number of hydrogen-bond acceptors (Lipinski definition) is 4. The summed E-state index contributed by atoms with van der Waals surface area (Å²) in [6.45, 7) is 5.97. The van der Waals surface area contributed by atoms with Gasteiger partial charge in [-0.3, -0.25) is 4.79 Å². The van der Waals surface area contributed by atoms with Gasteiger partial charge in [0.15, 0.2) is 0 Å². The molecule has 0 saturated carbocycles. The summed E-state index contributed by atoms with van der Waals surface area (Å²) in [5, 5.41) is 7.17. The molecule has 2 N–H and O–H groups in total. The molecule has 0 saturated heterocycles. The van der Waals surface area contributed by atoms with Gasteiger partial charge in [0.2, 0.25) is 5.82 Å². The third kappa shape index (κ3) is 3.94. The molecule has 4 aromatic rings. The van der Waals surface area contributed by atoms with Crippen LogP contribution in [0.4, 0.5) is 17.2 Å². The number of para-hydroxylation sites is 2. The minimum Gasteiger partial charge on any atom is -0.340 e. The quantitative estimate of drug-likeness (QED) is 0.485. The fourth-order valence-electron chi connectivity index (χ4n) is 3.31. The van der Waals surface area contributed by atoms with Gasteiger partial charge in [0, 0.05) is 16.8 Å². The molecule has 0 atom stereocenters. The summed E-state index contributed by atoms with van der Waals surface area (Å²) in [7, 11) is 0. The van der Waals surface area contributed by atoms with Crippen molar-refractivity contribution in [3.05, 3.63) is 89.2 Å². The van der Waals surface area contributed by atoms with Crippen LogP contribution in [0.25, 0.3) is 10.9 Å². The Morgan fingerprint density at radius 2 is 1.55 bits per heavy atom. The number of aryl methyl sites for hydroxylation is 3. The Morgan fingerprint density at radius 1 is 0.828 bits per heavy atom. The van der Waals surface area contributed by atoms with E-state index in [0.717, 1.165) is 33.5 Å². The Morgan fingerprint density at radius 3 is 2.31 bits per heavy atom.